The van der Waals surface area contributed by atoms with Gasteiger partial charge in [0.1, 0.15) is 0 Å². The molecule has 1 aliphatic rings. The van der Waals surface area contributed by atoms with Crippen LogP contribution >= 0.6 is 11.8 Å². The molecule has 108 valence electrons. The van der Waals surface area contributed by atoms with Crippen molar-refractivity contribution in [1.82, 2.24) is 5.32 Å². The first-order valence-electron chi connectivity index (χ1n) is 7.38. The van der Waals surface area contributed by atoms with Crippen LogP contribution in [0.1, 0.15) is 46.5 Å². The number of nitrogens with one attached hydrogen (secondary N) is 1. The Balaban J connectivity index is 2.09. The molecule has 2 unspecified atom stereocenters. The van der Waals surface area contributed by atoms with Gasteiger partial charge in [-0.15, -0.1) is 0 Å². The van der Waals surface area contributed by atoms with E-state index in [9.17, 15) is 0 Å². The SMILES string of the molecule is CCOC(CCNC1CCC(SCC)C1)OCC. The van der Waals surface area contributed by atoms with Gasteiger partial charge in [0.25, 0.3) is 0 Å². The Hall–Kier alpha value is 0.230. The Kier molecular flexibility index (Phi) is 9.11. The molecule has 4 heteroatoms. The van der Waals surface area contributed by atoms with Crippen molar-refractivity contribution in [3.8, 4) is 0 Å². The van der Waals surface area contributed by atoms with Crippen LogP contribution in [0.3, 0.4) is 0 Å². The summed E-state index contributed by atoms with van der Waals surface area (Å²) in [5.74, 6) is 1.24. The summed E-state index contributed by atoms with van der Waals surface area (Å²) in [7, 11) is 0. The van der Waals surface area contributed by atoms with E-state index >= 15 is 0 Å². The maximum Gasteiger partial charge on any atom is 0.158 e. The van der Waals surface area contributed by atoms with E-state index in [1.165, 1.54) is 25.0 Å². The lowest BCUT2D eigenvalue weighted by Crippen LogP contribution is -2.31. The Morgan fingerprint density at radius 2 is 1.89 bits per heavy atom. The van der Waals surface area contributed by atoms with Crippen LogP contribution in [0.4, 0.5) is 0 Å². The fourth-order valence-electron chi connectivity index (χ4n) is 2.50. The average Bonchev–Trinajstić information content (AvgIpc) is 2.78. The predicted octanol–water partition coefficient (Wildman–Crippen LogP) is 3.04. The molecule has 0 amide bonds. The molecule has 1 rings (SSSR count). The van der Waals surface area contributed by atoms with E-state index in [1.807, 2.05) is 13.8 Å². The summed E-state index contributed by atoms with van der Waals surface area (Å²) in [4.78, 5) is 0. The number of hydrogen-bond donors (Lipinski definition) is 1. The van der Waals surface area contributed by atoms with Gasteiger partial charge in [-0.3, -0.25) is 0 Å². The highest BCUT2D eigenvalue weighted by atomic mass is 32.2. The second kappa shape index (κ2) is 10.1. The van der Waals surface area contributed by atoms with Gasteiger partial charge in [0, 0.05) is 37.5 Å². The third-order valence-corrected chi connectivity index (χ3v) is 4.54. The molecular weight excluding hydrogens is 246 g/mol. The minimum Gasteiger partial charge on any atom is -0.353 e. The van der Waals surface area contributed by atoms with Gasteiger partial charge in [-0.25, -0.2) is 0 Å². The van der Waals surface area contributed by atoms with Crippen molar-refractivity contribution >= 4 is 11.8 Å². The summed E-state index contributed by atoms with van der Waals surface area (Å²) in [6.07, 6.45) is 4.94. The second-order valence-corrected chi connectivity index (χ2v) is 6.25. The Morgan fingerprint density at radius 1 is 1.17 bits per heavy atom. The van der Waals surface area contributed by atoms with Crippen molar-refractivity contribution in [3.63, 3.8) is 0 Å². The highest BCUT2D eigenvalue weighted by molar-refractivity contribution is 7.99. The van der Waals surface area contributed by atoms with Gasteiger partial charge in [-0.1, -0.05) is 6.92 Å². The first-order chi connectivity index (χ1) is 8.80. The summed E-state index contributed by atoms with van der Waals surface area (Å²) in [5.41, 5.74) is 0. The van der Waals surface area contributed by atoms with Crippen molar-refractivity contribution in [2.45, 2.75) is 64.0 Å². The van der Waals surface area contributed by atoms with Crippen molar-refractivity contribution < 1.29 is 9.47 Å². The van der Waals surface area contributed by atoms with Crippen LogP contribution in [0.2, 0.25) is 0 Å². The van der Waals surface area contributed by atoms with Gasteiger partial charge in [0.2, 0.25) is 0 Å². The zero-order chi connectivity index (χ0) is 13.2. The highest BCUT2D eigenvalue weighted by Gasteiger charge is 2.24. The summed E-state index contributed by atoms with van der Waals surface area (Å²) < 4.78 is 11.1. The van der Waals surface area contributed by atoms with Crippen molar-refractivity contribution in [2.24, 2.45) is 0 Å². The third-order valence-electron chi connectivity index (χ3n) is 3.31. The monoisotopic (exact) mass is 275 g/mol. The second-order valence-electron chi connectivity index (χ2n) is 4.67. The third kappa shape index (κ3) is 6.41. The highest BCUT2D eigenvalue weighted by Crippen LogP contribution is 2.29. The first-order valence-corrected chi connectivity index (χ1v) is 8.43. The number of ether oxygens (including phenoxy) is 2. The molecule has 0 bridgehead atoms. The van der Waals surface area contributed by atoms with E-state index in [4.69, 9.17) is 9.47 Å². The standard InChI is InChI=1S/C14H29NO2S/c1-4-16-14(17-5-2)9-10-15-12-7-8-13(11-12)18-6-3/h12-15H,4-11H2,1-3H3. The van der Waals surface area contributed by atoms with Gasteiger partial charge in [-0.05, 0) is 38.9 Å². The van der Waals surface area contributed by atoms with Crippen molar-refractivity contribution in [1.29, 1.82) is 0 Å². The van der Waals surface area contributed by atoms with Crippen LogP contribution in [0.5, 0.6) is 0 Å². The number of rotatable bonds is 10. The first kappa shape index (κ1) is 16.3. The topological polar surface area (TPSA) is 30.5 Å². The maximum atomic E-state index is 5.54. The Morgan fingerprint density at radius 3 is 2.50 bits per heavy atom. The molecule has 0 aromatic carbocycles. The van der Waals surface area contributed by atoms with Gasteiger partial charge < -0.3 is 14.8 Å². The van der Waals surface area contributed by atoms with E-state index in [1.54, 1.807) is 0 Å². The van der Waals surface area contributed by atoms with E-state index in [2.05, 4.69) is 24.0 Å². The van der Waals surface area contributed by atoms with Crippen LogP contribution in [-0.4, -0.2) is 43.1 Å². The fraction of sp³-hybridized carbons (Fsp3) is 1.00. The molecule has 0 aromatic heterocycles. The average molecular weight is 275 g/mol. The van der Waals surface area contributed by atoms with E-state index in [0.717, 1.165) is 31.4 Å². The lowest BCUT2D eigenvalue weighted by Gasteiger charge is -2.19. The van der Waals surface area contributed by atoms with Gasteiger partial charge >= 0.3 is 0 Å². The van der Waals surface area contributed by atoms with Gasteiger partial charge in [0.05, 0.1) is 0 Å². The lowest BCUT2D eigenvalue weighted by atomic mass is 10.2. The molecular formula is C14H29NO2S. The normalized spacial score (nSPS) is 24.0. The van der Waals surface area contributed by atoms with E-state index in [-0.39, 0.29) is 6.29 Å². The summed E-state index contributed by atoms with van der Waals surface area (Å²) >= 11 is 2.11. The van der Waals surface area contributed by atoms with E-state index in [0.29, 0.717) is 6.04 Å². The molecule has 1 saturated carbocycles. The minimum absolute atomic E-state index is 0.0327. The summed E-state index contributed by atoms with van der Waals surface area (Å²) in [5, 5.41) is 4.52. The quantitative estimate of drug-likeness (QED) is 0.621. The molecule has 1 N–H and O–H groups in total. The Labute approximate surface area is 116 Å². The molecule has 0 radical (unpaired) electrons. The smallest absolute Gasteiger partial charge is 0.158 e. The van der Waals surface area contributed by atoms with Crippen LogP contribution in [0.25, 0.3) is 0 Å². The van der Waals surface area contributed by atoms with Gasteiger partial charge in [-0.2, -0.15) is 11.8 Å². The molecule has 1 fully saturated rings. The minimum atomic E-state index is -0.0327. The molecule has 0 heterocycles. The van der Waals surface area contributed by atoms with Crippen molar-refractivity contribution in [3.05, 3.63) is 0 Å². The van der Waals surface area contributed by atoms with Crippen LogP contribution < -0.4 is 5.32 Å². The van der Waals surface area contributed by atoms with Crippen LogP contribution in [0, 0.1) is 0 Å². The molecule has 0 aromatic rings. The molecule has 0 spiro atoms. The zero-order valence-electron chi connectivity index (χ0n) is 12.1. The maximum absolute atomic E-state index is 5.54. The van der Waals surface area contributed by atoms with E-state index < -0.39 is 0 Å². The lowest BCUT2D eigenvalue weighted by molar-refractivity contribution is -0.138. The molecule has 2 atom stereocenters. The number of hydrogen-bond acceptors (Lipinski definition) is 4. The zero-order valence-corrected chi connectivity index (χ0v) is 12.9. The summed E-state index contributed by atoms with van der Waals surface area (Å²) in [6, 6.07) is 0.706. The molecule has 3 nitrogen and oxygen atoms in total. The van der Waals surface area contributed by atoms with Crippen LogP contribution in [0.15, 0.2) is 0 Å². The van der Waals surface area contributed by atoms with Crippen molar-refractivity contribution in [2.75, 3.05) is 25.5 Å². The Bertz CT molecular complexity index is 198. The largest absolute Gasteiger partial charge is 0.353 e. The molecule has 1 aliphatic carbocycles. The number of thioether (sulfide) groups is 1. The summed E-state index contributed by atoms with van der Waals surface area (Å²) in [6.45, 7) is 8.73. The molecule has 0 aliphatic heterocycles. The molecule has 18 heavy (non-hydrogen) atoms. The fourth-order valence-corrected chi connectivity index (χ4v) is 3.65. The van der Waals surface area contributed by atoms with Crippen LogP contribution in [-0.2, 0) is 9.47 Å². The van der Waals surface area contributed by atoms with Gasteiger partial charge in [0.15, 0.2) is 6.29 Å². The predicted molar refractivity (Wildman–Crippen MR) is 79.2 cm³/mol. The molecule has 0 saturated heterocycles.